The zero-order chi connectivity index (χ0) is 20.4. The lowest BCUT2D eigenvalue weighted by molar-refractivity contribution is 0.0529. The molecule has 1 amide bonds. The number of pyridine rings is 1. The van der Waals surface area contributed by atoms with Crippen LogP contribution in [0.4, 0.5) is 4.79 Å². The molecule has 1 fully saturated rings. The number of alkyl carbamates (subject to hydrolysis) is 1. The molecular formula is C20H33N5O3. The standard InChI is InChI=1S/C20H33N5O3/c1-20(2,3)28-19(26)24-13-12-23-18(21-4)25-14-15-8-7-11-22-17(15)27-16-9-5-6-10-16/h7-8,11,16H,5-6,9-10,12-14H2,1-4H3,(H,24,26)(H2,21,23,25). The molecule has 3 N–H and O–H groups in total. The zero-order valence-electron chi connectivity index (χ0n) is 17.4. The third-order valence-corrected chi connectivity index (χ3v) is 4.19. The van der Waals surface area contributed by atoms with E-state index in [-0.39, 0.29) is 6.10 Å². The molecular weight excluding hydrogens is 358 g/mol. The van der Waals surface area contributed by atoms with E-state index in [9.17, 15) is 4.79 Å². The highest BCUT2D eigenvalue weighted by Crippen LogP contribution is 2.24. The van der Waals surface area contributed by atoms with Gasteiger partial charge in [0.1, 0.15) is 11.7 Å². The van der Waals surface area contributed by atoms with Gasteiger partial charge in [-0.25, -0.2) is 9.78 Å². The molecule has 28 heavy (non-hydrogen) atoms. The summed E-state index contributed by atoms with van der Waals surface area (Å²) in [6, 6.07) is 3.90. The number of hydrogen-bond donors (Lipinski definition) is 3. The monoisotopic (exact) mass is 391 g/mol. The second kappa shape index (κ2) is 10.7. The first-order valence-electron chi connectivity index (χ1n) is 9.89. The number of guanidine groups is 1. The topological polar surface area (TPSA) is 96.9 Å². The minimum atomic E-state index is -0.503. The summed E-state index contributed by atoms with van der Waals surface area (Å²) in [7, 11) is 1.70. The van der Waals surface area contributed by atoms with Crippen molar-refractivity contribution < 1.29 is 14.3 Å². The lowest BCUT2D eigenvalue weighted by Crippen LogP contribution is -2.42. The van der Waals surface area contributed by atoms with E-state index in [4.69, 9.17) is 9.47 Å². The van der Waals surface area contributed by atoms with Crippen molar-refractivity contribution in [2.45, 2.75) is 64.7 Å². The van der Waals surface area contributed by atoms with Gasteiger partial charge in [-0.3, -0.25) is 4.99 Å². The Morgan fingerprint density at radius 1 is 1.21 bits per heavy atom. The van der Waals surface area contributed by atoms with Crippen LogP contribution in [-0.4, -0.2) is 48.9 Å². The molecule has 0 atom stereocenters. The van der Waals surface area contributed by atoms with Crippen molar-refractivity contribution in [1.29, 1.82) is 0 Å². The highest BCUT2D eigenvalue weighted by Gasteiger charge is 2.18. The van der Waals surface area contributed by atoms with Gasteiger partial charge >= 0.3 is 6.09 Å². The third-order valence-electron chi connectivity index (χ3n) is 4.19. The van der Waals surface area contributed by atoms with E-state index in [0.717, 1.165) is 18.4 Å². The Kier molecular flexibility index (Phi) is 8.35. The van der Waals surface area contributed by atoms with Crippen LogP contribution < -0.4 is 20.7 Å². The van der Waals surface area contributed by atoms with Gasteiger partial charge in [-0.1, -0.05) is 6.07 Å². The predicted molar refractivity (Wildman–Crippen MR) is 110 cm³/mol. The Balaban J connectivity index is 1.74. The van der Waals surface area contributed by atoms with Crippen molar-refractivity contribution >= 4 is 12.1 Å². The number of nitrogens with zero attached hydrogens (tertiary/aromatic N) is 2. The van der Waals surface area contributed by atoms with E-state index in [1.54, 1.807) is 13.2 Å². The number of amides is 1. The molecule has 1 saturated carbocycles. The molecule has 0 saturated heterocycles. The first-order valence-corrected chi connectivity index (χ1v) is 9.89. The second-order valence-corrected chi connectivity index (χ2v) is 7.77. The summed E-state index contributed by atoms with van der Waals surface area (Å²) in [6.07, 6.45) is 6.22. The van der Waals surface area contributed by atoms with Crippen molar-refractivity contribution in [3.8, 4) is 5.88 Å². The quantitative estimate of drug-likeness (QED) is 0.376. The molecule has 0 aromatic carbocycles. The lowest BCUT2D eigenvalue weighted by atomic mass is 10.2. The summed E-state index contributed by atoms with van der Waals surface area (Å²) >= 11 is 0. The van der Waals surface area contributed by atoms with Crippen LogP contribution >= 0.6 is 0 Å². The molecule has 0 aliphatic heterocycles. The fourth-order valence-corrected chi connectivity index (χ4v) is 2.89. The number of rotatable bonds is 7. The SMILES string of the molecule is CN=C(NCCNC(=O)OC(C)(C)C)NCc1cccnc1OC1CCCC1. The van der Waals surface area contributed by atoms with Crippen LogP contribution in [0.1, 0.15) is 52.0 Å². The minimum absolute atomic E-state index is 0.269. The van der Waals surface area contributed by atoms with Gasteiger partial charge in [0.2, 0.25) is 5.88 Å². The predicted octanol–water partition coefficient (Wildman–Crippen LogP) is 2.59. The Bertz CT molecular complexity index is 651. The average Bonchev–Trinajstić information content (AvgIpc) is 3.14. The number of carbonyl (C=O) groups excluding carboxylic acids is 1. The maximum Gasteiger partial charge on any atom is 0.407 e. The highest BCUT2D eigenvalue weighted by molar-refractivity contribution is 5.79. The molecule has 1 aliphatic rings. The van der Waals surface area contributed by atoms with E-state index in [1.165, 1.54) is 12.8 Å². The van der Waals surface area contributed by atoms with Crippen LogP contribution in [0.3, 0.4) is 0 Å². The normalized spacial score (nSPS) is 15.2. The number of carbonyl (C=O) groups is 1. The molecule has 0 spiro atoms. The summed E-state index contributed by atoms with van der Waals surface area (Å²) in [6.45, 7) is 7.00. The number of hydrogen-bond acceptors (Lipinski definition) is 5. The van der Waals surface area contributed by atoms with E-state index < -0.39 is 11.7 Å². The zero-order valence-corrected chi connectivity index (χ0v) is 17.4. The van der Waals surface area contributed by atoms with Gasteiger partial charge < -0.3 is 25.4 Å². The summed E-state index contributed by atoms with van der Waals surface area (Å²) in [4.78, 5) is 20.2. The first-order chi connectivity index (χ1) is 13.4. The molecule has 1 aromatic heterocycles. The van der Waals surface area contributed by atoms with Gasteiger partial charge in [0.15, 0.2) is 5.96 Å². The van der Waals surface area contributed by atoms with Crippen LogP contribution in [0.15, 0.2) is 23.3 Å². The van der Waals surface area contributed by atoms with Gasteiger partial charge in [-0.2, -0.15) is 0 Å². The van der Waals surface area contributed by atoms with Gasteiger partial charge in [-0.05, 0) is 52.5 Å². The maximum absolute atomic E-state index is 11.6. The summed E-state index contributed by atoms with van der Waals surface area (Å²) in [5.41, 5.74) is 0.487. The first kappa shape index (κ1) is 21.8. The number of aliphatic imine (C=N–C) groups is 1. The Morgan fingerprint density at radius 2 is 1.93 bits per heavy atom. The second-order valence-electron chi connectivity index (χ2n) is 7.77. The fourth-order valence-electron chi connectivity index (χ4n) is 2.89. The molecule has 1 aromatic rings. The fraction of sp³-hybridized carbons (Fsp3) is 0.650. The highest BCUT2D eigenvalue weighted by atomic mass is 16.6. The van der Waals surface area contributed by atoms with E-state index in [0.29, 0.717) is 31.5 Å². The van der Waals surface area contributed by atoms with Crippen LogP contribution in [0.2, 0.25) is 0 Å². The van der Waals surface area contributed by atoms with Crippen LogP contribution in [0, 0.1) is 0 Å². The Morgan fingerprint density at radius 3 is 2.61 bits per heavy atom. The van der Waals surface area contributed by atoms with Crippen molar-refractivity contribution in [2.24, 2.45) is 4.99 Å². The van der Waals surface area contributed by atoms with Gasteiger partial charge in [-0.15, -0.1) is 0 Å². The molecule has 8 nitrogen and oxygen atoms in total. The van der Waals surface area contributed by atoms with Crippen molar-refractivity contribution in [3.05, 3.63) is 23.9 Å². The van der Waals surface area contributed by atoms with E-state index in [1.807, 2.05) is 32.9 Å². The maximum atomic E-state index is 11.6. The van der Waals surface area contributed by atoms with Gasteiger partial charge in [0.25, 0.3) is 0 Å². The molecule has 0 unspecified atom stereocenters. The molecule has 0 radical (unpaired) electrons. The summed E-state index contributed by atoms with van der Waals surface area (Å²) in [5.74, 6) is 1.32. The molecule has 8 heteroatoms. The van der Waals surface area contributed by atoms with E-state index in [2.05, 4.69) is 25.9 Å². The Hall–Kier alpha value is -2.51. The smallest absolute Gasteiger partial charge is 0.407 e. The van der Waals surface area contributed by atoms with Crippen LogP contribution in [0.5, 0.6) is 5.88 Å². The van der Waals surface area contributed by atoms with E-state index >= 15 is 0 Å². The summed E-state index contributed by atoms with van der Waals surface area (Å²) in [5, 5.41) is 9.12. The van der Waals surface area contributed by atoms with Crippen molar-refractivity contribution in [3.63, 3.8) is 0 Å². The largest absolute Gasteiger partial charge is 0.474 e. The summed E-state index contributed by atoms with van der Waals surface area (Å²) < 4.78 is 11.3. The Labute approximate surface area is 167 Å². The van der Waals surface area contributed by atoms with Crippen LogP contribution in [-0.2, 0) is 11.3 Å². The third kappa shape index (κ3) is 8.02. The van der Waals surface area contributed by atoms with Crippen molar-refractivity contribution in [1.82, 2.24) is 20.9 Å². The molecule has 2 rings (SSSR count). The number of ether oxygens (including phenoxy) is 2. The molecule has 1 aliphatic carbocycles. The van der Waals surface area contributed by atoms with Gasteiger partial charge in [0.05, 0.1) is 0 Å². The van der Waals surface area contributed by atoms with Gasteiger partial charge in [0, 0.05) is 38.4 Å². The minimum Gasteiger partial charge on any atom is -0.474 e. The number of aromatic nitrogens is 1. The van der Waals surface area contributed by atoms with Crippen molar-refractivity contribution in [2.75, 3.05) is 20.1 Å². The lowest BCUT2D eigenvalue weighted by Gasteiger charge is -2.20. The molecule has 156 valence electrons. The molecule has 0 bridgehead atoms. The number of nitrogens with one attached hydrogen (secondary N) is 3. The van der Waals surface area contributed by atoms with Crippen LogP contribution in [0.25, 0.3) is 0 Å². The average molecular weight is 392 g/mol. The molecule has 1 heterocycles.